The summed E-state index contributed by atoms with van der Waals surface area (Å²) in [6, 6.07) is 11.4. The number of non-ortho nitro benzene ring substituents is 1. The maximum atomic E-state index is 12.0. The van der Waals surface area contributed by atoms with Gasteiger partial charge >= 0.3 is 5.97 Å². The summed E-state index contributed by atoms with van der Waals surface area (Å²) in [4.78, 5) is 26.4. The number of aliphatic imine (C=N–C) groups is 1. The van der Waals surface area contributed by atoms with Crippen LogP contribution in [0, 0.1) is 17.0 Å². The van der Waals surface area contributed by atoms with E-state index in [0.29, 0.717) is 0 Å². The lowest BCUT2D eigenvalue weighted by Crippen LogP contribution is -2.06. The summed E-state index contributed by atoms with van der Waals surface area (Å²) in [6.45, 7) is 1.94. The van der Waals surface area contributed by atoms with Gasteiger partial charge in [0.1, 0.15) is 0 Å². The lowest BCUT2D eigenvalue weighted by Gasteiger charge is -2.02. The molecule has 24 heavy (non-hydrogen) atoms. The molecule has 6 nitrogen and oxygen atoms in total. The summed E-state index contributed by atoms with van der Waals surface area (Å²) in [5, 5.41) is 11.1. The number of carbonyl (C=O) groups is 1. The average molecular weight is 343 g/mol. The van der Waals surface area contributed by atoms with E-state index in [-0.39, 0.29) is 27.9 Å². The smallest absolute Gasteiger partial charge is 0.363 e. The molecule has 1 aliphatic heterocycles. The second-order valence-electron chi connectivity index (χ2n) is 5.17. The van der Waals surface area contributed by atoms with Crippen molar-refractivity contribution in [3.8, 4) is 0 Å². The Hall–Kier alpha value is -2.99. The van der Waals surface area contributed by atoms with Gasteiger partial charge in [-0.15, -0.1) is 0 Å². The summed E-state index contributed by atoms with van der Waals surface area (Å²) < 4.78 is 5.11. The van der Waals surface area contributed by atoms with E-state index < -0.39 is 10.9 Å². The first-order valence-corrected chi connectivity index (χ1v) is 7.35. The number of carbonyl (C=O) groups excluding carboxylic acids is 1. The van der Waals surface area contributed by atoms with Crippen molar-refractivity contribution >= 4 is 35.2 Å². The molecule has 0 spiro atoms. The van der Waals surface area contributed by atoms with Crippen molar-refractivity contribution in [2.24, 2.45) is 4.99 Å². The van der Waals surface area contributed by atoms with E-state index in [1.165, 1.54) is 18.2 Å². The molecule has 2 aromatic rings. The molecule has 1 heterocycles. The van der Waals surface area contributed by atoms with E-state index in [0.717, 1.165) is 11.1 Å². The first-order valence-electron chi connectivity index (χ1n) is 6.97. The van der Waals surface area contributed by atoms with E-state index in [4.69, 9.17) is 16.3 Å². The van der Waals surface area contributed by atoms with Gasteiger partial charge in [0.25, 0.3) is 5.69 Å². The Kier molecular flexibility index (Phi) is 4.14. The number of cyclic esters (lactones) is 1. The second-order valence-corrected chi connectivity index (χ2v) is 5.58. The highest BCUT2D eigenvalue weighted by Crippen LogP contribution is 2.27. The zero-order valence-electron chi connectivity index (χ0n) is 12.5. The first-order chi connectivity index (χ1) is 11.4. The van der Waals surface area contributed by atoms with Crippen LogP contribution >= 0.6 is 11.6 Å². The van der Waals surface area contributed by atoms with Gasteiger partial charge in [-0.2, -0.15) is 0 Å². The second kappa shape index (κ2) is 6.25. The SMILES string of the molecule is Cc1cccc(/C=C2\N=C(c3cc([N+](=O)[O-])ccc3Cl)OC2=O)c1. The van der Waals surface area contributed by atoms with Gasteiger partial charge < -0.3 is 4.74 Å². The van der Waals surface area contributed by atoms with Gasteiger partial charge in [0.15, 0.2) is 5.70 Å². The molecule has 0 fully saturated rings. The number of rotatable bonds is 3. The van der Waals surface area contributed by atoms with Crippen LogP contribution in [0.1, 0.15) is 16.7 Å². The molecule has 0 bridgehead atoms. The van der Waals surface area contributed by atoms with Crippen LogP contribution in [-0.4, -0.2) is 16.8 Å². The summed E-state index contributed by atoms with van der Waals surface area (Å²) in [6.07, 6.45) is 1.59. The van der Waals surface area contributed by atoms with Gasteiger partial charge in [0.05, 0.1) is 15.5 Å². The summed E-state index contributed by atoms with van der Waals surface area (Å²) in [5.41, 5.74) is 1.99. The number of esters is 1. The molecule has 1 aliphatic rings. The third-order valence-electron chi connectivity index (χ3n) is 3.36. The van der Waals surface area contributed by atoms with E-state index >= 15 is 0 Å². The minimum atomic E-state index is -0.630. The van der Waals surface area contributed by atoms with E-state index in [1.54, 1.807) is 6.08 Å². The maximum Gasteiger partial charge on any atom is 0.363 e. The highest BCUT2D eigenvalue weighted by molar-refractivity contribution is 6.34. The van der Waals surface area contributed by atoms with Crippen LogP contribution in [0.5, 0.6) is 0 Å². The van der Waals surface area contributed by atoms with Gasteiger partial charge in [-0.05, 0) is 24.6 Å². The van der Waals surface area contributed by atoms with Crippen LogP contribution in [0.15, 0.2) is 53.2 Å². The van der Waals surface area contributed by atoms with E-state index in [2.05, 4.69) is 4.99 Å². The molecule has 2 aromatic carbocycles. The van der Waals surface area contributed by atoms with Gasteiger partial charge in [0.2, 0.25) is 5.90 Å². The number of aryl methyl sites for hydroxylation is 1. The Morgan fingerprint density at radius 2 is 2.04 bits per heavy atom. The Morgan fingerprint density at radius 3 is 2.75 bits per heavy atom. The quantitative estimate of drug-likeness (QED) is 0.366. The molecule has 0 unspecified atom stereocenters. The predicted octanol–water partition coefficient (Wildman–Crippen LogP) is 3.90. The molecule has 0 aliphatic carbocycles. The average Bonchev–Trinajstić information content (AvgIpc) is 2.88. The maximum absolute atomic E-state index is 12.0. The van der Waals surface area contributed by atoms with E-state index in [9.17, 15) is 14.9 Å². The number of benzene rings is 2. The lowest BCUT2D eigenvalue weighted by molar-refractivity contribution is -0.384. The zero-order chi connectivity index (χ0) is 17.3. The number of nitro benzene ring substituents is 1. The molecule has 7 heteroatoms. The van der Waals surface area contributed by atoms with Crippen molar-refractivity contribution in [3.63, 3.8) is 0 Å². The Morgan fingerprint density at radius 1 is 1.25 bits per heavy atom. The predicted molar refractivity (Wildman–Crippen MR) is 89.9 cm³/mol. The molecule has 0 atom stereocenters. The Balaban J connectivity index is 2.01. The van der Waals surface area contributed by atoms with Crippen molar-refractivity contribution in [1.82, 2.24) is 0 Å². The molecule has 0 saturated heterocycles. The van der Waals surface area contributed by atoms with Crippen LogP contribution < -0.4 is 0 Å². The number of ether oxygens (including phenoxy) is 1. The van der Waals surface area contributed by atoms with Crippen molar-refractivity contribution in [2.45, 2.75) is 6.92 Å². The Labute approximate surface area is 142 Å². The monoisotopic (exact) mass is 342 g/mol. The van der Waals surface area contributed by atoms with Crippen LogP contribution in [0.4, 0.5) is 5.69 Å². The van der Waals surface area contributed by atoms with E-state index in [1.807, 2.05) is 31.2 Å². The van der Waals surface area contributed by atoms with Crippen LogP contribution in [-0.2, 0) is 9.53 Å². The van der Waals surface area contributed by atoms with Crippen molar-refractivity contribution in [3.05, 3.63) is 80.0 Å². The fourth-order valence-corrected chi connectivity index (χ4v) is 2.43. The van der Waals surface area contributed by atoms with Crippen molar-refractivity contribution in [2.75, 3.05) is 0 Å². The fourth-order valence-electron chi connectivity index (χ4n) is 2.23. The van der Waals surface area contributed by atoms with Gasteiger partial charge in [-0.1, -0.05) is 41.4 Å². The van der Waals surface area contributed by atoms with Crippen molar-refractivity contribution < 1.29 is 14.5 Å². The lowest BCUT2D eigenvalue weighted by atomic mass is 10.1. The Bertz CT molecular complexity index is 919. The number of nitro groups is 1. The van der Waals surface area contributed by atoms with Crippen LogP contribution in [0.3, 0.4) is 0 Å². The highest BCUT2D eigenvalue weighted by atomic mass is 35.5. The molecule has 0 N–H and O–H groups in total. The number of halogens is 1. The molecule has 120 valence electrons. The topological polar surface area (TPSA) is 81.8 Å². The summed E-state index contributed by atoms with van der Waals surface area (Å²) >= 11 is 6.04. The van der Waals surface area contributed by atoms with Gasteiger partial charge in [-0.25, -0.2) is 9.79 Å². The zero-order valence-corrected chi connectivity index (χ0v) is 13.3. The molecule has 3 rings (SSSR count). The summed E-state index contributed by atoms with van der Waals surface area (Å²) in [7, 11) is 0. The largest absolute Gasteiger partial charge is 0.402 e. The molecule has 0 amide bonds. The molecule has 0 aromatic heterocycles. The van der Waals surface area contributed by atoms with Crippen molar-refractivity contribution in [1.29, 1.82) is 0 Å². The minimum absolute atomic E-state index is 0.0485. The standard InChI is InChI=1S/C17H11ClN2O4/c1-10-3-2-4-11(7-10)8-15-17(21)24-16(19-15)13-9-12(20(22)23)5-6-14(13)18/h2-9H,1H3/b15-8-. The molecule has 0 radical (unpaired) electrons. The van der Waals surface area contributed by atoms with Gasteiger partial charge in [-0.3, -0.25) is 10.1 Å². The highest BCUT2D eigenvalue weighted by Gasteiger charge is 2.27. The normalized spacial score (nSPS) is 15.3. The molecular weight excluding hydrogens is 332 g/mol. The fraction of sp³-hybridized carbons (Fsp3) is 0.0588. The first kappa shape index (κ1) is 15.9. The third kappa shape index (κ3) is 3.18. The van der Waals surface area contributed by atoms with Gasteiger partial charge in [0, 0.05) is 12.1 Å². The minimum Gasteiger partial charge on any atom is -0.402 e. The molecular formula is C17H11ClN2O4. The number of hydrogen-bond acceptors (Lipinski definition) is 5. The third-order valence-corrected chi connectivity index (χ3v) is 3.69. The summed E-state index contributed by atoms with van der Waals surface area (Å²) in [5.74, 6) is -0.679. The number of hydrogen-bond donors (Lipinski definition) is 0. The number of nitrogens with zero attached hydrogens (tertiary/aromatic N) is 2. The molecule has 0 saturated carbocycles. The van der Waals surface area contributed by atoms with Crippen LogP contribution in [0.25, 0.3) is 6.08 Å². The van der Waals surface area contributed by atoms with Crippen LogP contribution in [0.2, 0.25) is 5.02 Å².